The van der Waals surface area contributed by atoms with E-state index in [-0.39, 0.29) is 23.7 Å². The minimum absolute atomic E-state index is 0.112. The second-order valence-corrected chi connectivity index (χ2v) is 21.8. The second-order valence-electron chi connectivity index (χ2n) is 16.8. The second kappa shape index (κ2) is 20.1. The first-order chi connectivity index (χ1) is 30.7. The number of aryl methyl sites for hydroxylation is 2. The summed E-state index contributed by atoms with van der Waals surface area (Å²) in [4.78, 5) is 12.0. The van der Waals surface area contributed by atoms with E-state index in [2.05, 4.69) is 252 Å². The molecule has 0 fully saturated rings. The van der Waals surface area contributed by atoms with E-state index in [1.807, 2.05) is 0 Å². The summed E-state index contributed by atoms with van der Waals surface area (Å²) in [6, 6.07) is 66.2. The molecular weight excluding hydrogens is 943 g/mol. The van der Waals surface area contributed by atoms with Crippen LogP contribution >= 0.6 is 28.5 Å². The summed E-state index contributed by atoms with van der Waals surface area (Å²) < 4.78 is 0. The average molecular weight is 996 g/mol. The van der Waals surface area contributed by atoms with Crippen LogP contribution in [0.1, 0.15) is 118 Å². The molecule has 318 valence electrons. The van der Waals surface area contributed by atoms with Gasteiger partial charge in [-0.2, -0.15) is 0 Å². The number of aliphatic imine (C=N–C) groups is 2. The fourth-order valence-electron chi connectivity index (χ4n) is 9.38. The molecule has 0 aliphatic heterocycles. The molecule has 8 aromatic carbocycles. The first kappa shape index (κ1) is 44.4. The van der Waals surface area contributed by atoms with E-state index in [4.69, 9.17) is 9.98 Å². The van der Waals surface area contributed by atoms with Gasteiger partial charge in [0.2, 0.25) is 0 Å². The van der Waals surface area contributed by atoms with Crippen LogP contribution < -0.4 is 0 Å². The van der Waals surface area contributed by atoms with Crippen molar-refractivity contribution in [1.82, 2.24) is 0 Å². The third-order valence-electron chi connectivity index (χ3n) is 12.8. The number of halogens is 2. The van der Waals surface area contributed by atoms with Gasteiger partial charge in [0.25, 0.3) is 0 Å². The van der Waals surface area contributed by atoms with Crippen molar-refractivity contribution < 1.29 is 10.9 Å². The molecule has 0 bridgehead atoms. The Morgan fingerprint density at radius 3 is 0.921 bits per heavy atom. The normalized spacial score (nSPS) is 15.2. The zero-order chi connectivity index (χ0) is 44.0. The van der Waals surface area contributed by atoms with Gasteiger partial charge in [0.15, 0.2) is 0 Å². The number of benzene rings is 8. The van der Waals surface area contributed by atoms with Crippen molar-refractivity contribution in [3.63, 3.8) is 0 Å². The number of hydrogen-bond acceptors (Lipinski definition) is 2. The predicted molar refractivity (Wildman–Crippen MR) is 272 cm³/mol. The van der Waals surface area contributed by atoms with Crippen LogP contribution in [0.5, 0.6) is 0 Å². The molecule has 1 aliphatic rings. The molecule has 9 rings (SSSR count). The van der Waals surface area contributed by atoms with Gasteiger partial charge in [-0.15, -0.1) is 0 Å². The van der Waals surface area contributed by atoms with E-state index in [1.54, 1.807) is 0 Å². The molecule has 0 aromatic heterocycles. The van der Waals surface area contributed by atoms with E-state index in [9.17, 15) is 0 Å². The molecule has 5 heteroatoms. The Kier molecular flexibility index (Phi) is 14.2. The SMILES string of the molecule is Cc1cc(C(C)c2ccccc2)c(N=C2C(=Nc3c(C(C)c4ccccc4)cc(C)cc3C(C)c3ccccc3)c3cccc4cccc2c34)c(C(C)c2ccccc2)c1.[Br][Ni][Br]. The van der Waals surface area contributed by atoms with Crippen molar-refractivity contribution in [1.29, 1.82) is 0 Å². The van der Waals surface area contributed by atoms with Crippen molar-refractivity contribution in [3.8, 4) is 0 Å². The van der Waals surface area contributed by atoms with Crippen LogP contribution in [0, 0.1) is 13.8 Å². The van der Waals surface area contributed by atoms with Gasteiger partial charge in [0.1, 0.15) is 0 Å². The zero-order valence-corrected chi connectivity index (χ0v) is 40.8. The van der Waals surface area contributed by atoms with Crippen LogP contribution in [0.3, 0.4) is 0 Å². The van der Waals surface area contributed by atoms with Gasteiger partial charge < -0.3 is 0 Å². The van der Waals surface area contributed by atoms with Crippen LogP contribution in [-0.2, 0) is 10.9 Å². The topological polar surface area (TPSA) is 24.7 Å². The van der Waals surface area contributed by atoms with Crippen LogP contribution in [0.15, 0.2) is 192 Å². The summed E-state index contributed by atoms with van der Waals surface area (Å²) in [5.41, 5.74) is 18.6. The Morgan fingerprint density at radius 2 is 0.651 bits per heavy atom. The third-order valence-corrected chi connectivity index (χ3v) is 12.8. The molecule has 2 nitrogen and oxygen atoms in total. The summed E-state index contributed by atoms with van der Waals surface area (Å²) in [5, 5.41) is 2.41. The average Bonchev–Trinajstić information content (AvgIpc) is 3.62. The maximum atomic E-state index is 5.98. The van der Waals surface area contributed by atoms with Crippen LogP contribution in [0.2, 0.25) is 0 Å². The first-order valence-corrected chi connectivity index (χ1v) is 26.6. The van der Waals surface area contributed by atoms with E-state index in [0.29, 0.717) is 0 Å². The van der Waals surface area contributed by atoms with Crippen molar-refractivity contribution in [2.24, 2.45) is 9.98 Å². The third kappa shape index (κ3) is 9.39. The fourth-order valence-corrected chi connectivity index (χ4v) is 9.38. The number of nitrogens with zero attached hydrogens (tertiary/aromatic N) is 2. The van der Waals surface area contributed by atoms with Crippen LogP contribution in [0.25, 0.3) is 10.8 Å². The molecule has 4 atom stereocenters. The van der Waals surface area contributed by atoms with Crippen LogP contribution in [0.4, 0.5) is 11.4 Å². The van der Waals surface area contributed by atoms with Crippen molar-refractivity contribution in [2.45, 2.75) is 65.2 Å². The summed E-state index contributed by atoms with van der Waals surface area (Å²) in [7, 11) is 1.25. The fraction of sp³-hybridized carbons (Fsp3) is 0.172. The first-order valence-electron chi connectivity index (χ1n) is 21.7. The Hall–Kier alpha value is -5.19. The van der Waals surface area contributed by atoms with Gasteiger partial charge in [0, 0.05) is 40.2 Å². The van der Waals surface area contributed by atoms with Crippen molar-refractivity contribution in [2.75, 3.05) is 0 Å². The van der Waals surface area contributed by atoms with E-state index in [1.165, 1.54) is 77.3 Å². The standard InChI is InChI=1S/C58H52N2.2BrH.Ni/c1-37-33-50(39(3)43-21-11-7-12-22-43)55(51(34-37)40(4)44-23-13-8-14-24-44)59-57-48-31-19-29-47-30-20-32-49(54(47)48)58(57)60-56-52(41(5)45-25-15-9-16-26-45)35-38(2)36-53(56)42(6)46-27-17-10-18-28-46;;;/h7-36,39-42H,1-6H3;2*1H;/q;;;+2/p-2. The van der Waals surface area contributed by atoms with Gasteiger partial charge in [-0.05, 0) is 63.7 Å². The Bertz CT molecular complexity index is 2580. The molecule has 4 unspecified atom stereocenters. The molecule has 0 saturated heterocycles. The van der Waals surface area contributed by atoms with E-state index < -0.39 is 0 Å². The number of hydrogen-bond donors (Lipinski definition) is 0. The van der Waals surface area contributed by atoms with Crippen molar-refractivity contribution >= 4 is 62.0 Å². The van der Waals surface area contributed by atoms with Crippen molar-refractivity contribution in [3.05, 3.63) is 249 Å². The predicted octanol–water partition coefficient (Wildman–Crippen LogP) is 17.0. The Morgan fingerprint density at radius 1 is 0.381 bits per heavy atom. The molecular formula is C58H52Br2N2Ni. The molecule has 0 spiro atoms. The maximum absolute atomic E-state index is 5.98. The van der Waals surface area contributed by atoms with Gasteiger partial charge in [-0.1, -0.05) is 221 Å². The molecule has 0 radical (unpaired) electrons. The molecule has 63 heavy (non-hydrogen) atoms. The quantitative estimate of drug-likeness (QED) is 0.122. The van der Waals surface area contributed by atoms with Gasteiger partial charge >= 0.3 is 39.3 Å². The Balaban J connectivity index is 0.00000177. The van der Waals surface area contributed by atoms with Gasteiger partial charge in [-0.3, -0.25) is 0 Å². The molecule has 0 amide bonds. The zero-order valence-electron chi connectivity index (χ0n) is 36.6. The molecule has 1 aliphatic carbocycles. The molecule has 0 saturated carbocycles. The summed E-state index contributed by atoms with van der Waals surface area (Å²) in [5.74, 6) is 0.448. The van der Waals surface area contributed by atoms with E-state index >= 15 is 0 Å². The molecule has 8 aromatic rings. The number of rotatable bonds is 10. The van der Waals surface area contributed by atoms with E-state index in [0.717, 1.165) is 33.9 Å². The molecule has 0 N–H and O–H groups in total. The monoisotopic (exact) mass is 992 g/mol. The van der Waals surface area contributed by atoms with Gasteiger partial charge in [-0.25, -0.2) is 9.98 Å². The summed E-state index contributed by atoms with van der Waals surface area (Å²) >= 11 is 6.00. The van der Waals surface area contributed by atoms with Crippen LogP contribution in [-0.4, -0.2) is 11.4 Å². The summed E-state index contributed by atoms with van der Waals surface area (Å²) in [6.07, 6.45) is 0. The van der Waals surface area contributed by atoms with Gasteiger partial charge in [0.05, 0.1) is 22.8 Å². The summed E-state index contributed by atoms with van der Waals surface area (Å²) in [6.45, 7) is 13.7. The minimum atomic E-state index is 0.112. The Labute approximate surface area is 394 Å². The molecule has 0 heterocycles.